The molecule has 2 atom stereocenters. The van der Waals surface area contributed by atoms with E-state index in [1.54, 1.807) is 11.4 Å². The summed E-state index contributed by atoms with van der Waals surface area (Å²) in [6.07, 6.45) is 2.06. The lowest BCUT2D eigenvalue weighted by Gasteiger charge is -2.33. The van der Waals surface area contributed by atoms with Crippen molar-refractivity contribution in [1.82, 2.24) is 24.5 Å². The molecule has 2 aliphatic heterocycles. The lowest BCUT2D eigenvalue weighted by Crippen LogP contribution is -2.48. The highest BCUT2D eigenvalue weighted by Gasteiger charge is 2.47. The zero-order chi connectivity index (χ0) is 21.0. The minimum atomic E-state index is -3.20. The molecule has 2 fully saturated rings. The van der Waals surface area contributed by atoms with Crippen LogP contribution in [0.2, 0.25) is 0 Å². The maximum atomic E-state index is 12.0. The lowest BCUT2D eigenvalue weighted by atomic mass is 10.2. The second-order valence-corrected chi connectivity index (χ2v) is 9.77. The number of aromatic amines is 1. The molecule has 2 bridgehead atoms. The summed E-state index contributed by atoms with van der Waals surface area (Å²) in [4.78, 5) is 11.7. The number of nitrogens with zero attached hydrogens (tertiary/aromatic N) is 5. The van der Waals surface area contributed by atoms with Gasteiger partial charge >= 0.3 is 0 Å². The Morgan fingerprint density at radius 2 is 2.03 bits per heavy atom. The molecule has 11 heteroatoms. The molecule has 30 heavy (non-hydrogen) atoms. The zero-order valence-corrected chi connectivity index (χ0v) is 17.8. The largest absolute Gasteiger partial charge is 0.497 e. The van der Waals surface area contributed by atoms with E-state index in [1.807, 2.05) is 31.2 Å². The molecule has 0 spiro atoms. The fourth-order valence-corrected chi connectivity index (χ4v) is 5.48. The molecule has 0 radical (unpaired) electrons. The third-order valence-corrected chi connectivity index (χ3v) is 7.02. The van der Waals surface area contributed by atoms with Gasteiger partial charge in [0.25, 0.3) is 0 Å². The monoisotopic (exact) mass is 429 g/mol. The van der Waals surface area contributed by atoms with Crippen molar-refractivity contribution in [3.05, 3.63) is 30.0 Å². The van der Waals surface area contributed by atoms with Crippen LogP contribution in [0.4, 0.5) is 17.6 Å². The van der Waals surface area contributed by atoms with Crippen molar-refractivity contribution < 1.29 is 13.2 Å². The van der Waals surface area contributed by atoms with E-state index >= 15 is 0 Å². The van der Waals surface area contributed by atoms with Crippen molar-refractivity contribution in [2.45, 2.75) is 25.4 Å². The van der Waals surface area contributed by atoms with E-state index in [0.717, 1.165) is 28.8 Å². The minimum Gasteiger partial charge on any atom is -0.497 e. The van der Waals surface area contributed by atoms with Crippen molar-refractivity contribution in [3.63, 3.8) is 0 Å². The van der Waals surface area contributed by atoms with Crippen molar-refractivity contribution in [3.8, 4) is 5.75 Å². The lowest BCUT2D eigenvalue weighted by molar-refractivity contribution is 0.370. The van der Waals surface area contributed by atoms with Gasteiger partial charge in [-0.3, -0.25) is 5.10 Å². The summed E-state index contributed by atoms with van der Waals surface area (Å²) in [5.74, 6) is 2.67. The first-order valence-corrected chi connectivity index (χ1v) is 11.5. The maximum absolute atomic E-state index is 12.0. The first-order chi connectivity index (χ1) is 14.3. The molecule has 0 aliphatic carbocycles. The van der Waals surface area contributed by atoms with Gasteiger partial charge in [0, 0.05) is 36.6 Å². The van der Waals surface area contributed by atoms with Crippen LogP contribution in [0.5, 0.6) is 5.75 Å². The second kappa shape index (κ2) is 6.81. The van der Waals surface area contributed by atoms with Crippen LogP contribution in [0, 0.1) is 6.92 Å². The molecule has 0 saturated carbocycles. The molecule has 2 aliphatic rings. The van der Waals surface area contributed by atoms with Crippen LogP contribution in [0.15, 0.2) is 24.3 Å². The molecule has 3 aromatic rings. The minimum absolute atomic E-state index is 0.0353. The van der Waals surface area contributed by atoms with E-state index in [0.29, 0.717) is 30.6 Å². The number of anilines is 3. The quantitative estimate of drug-likeness (QED) is 0.629. The highest BCUT2D eigenvalue weighted by molar-refractivity contribution is 7.88. The summed E-state index contributed by atoms with van der Waals surface area (Å²) in [7, 11) is -1.58. The Balaban J connectivity index is 1.54. The summed E-state index contributed by atoms with van der Waals surface area (Å²) >= 11 is 0. The van der Waals surface area contributed by atoms with Crippen LogP contribution in [-0.2, 0) is 10.0 Å². The van der Waals surface area contributed by atoms with E-state index in [-0.39, 0.29) is 12.1 Å². The number of sulfonamides is 1. The molecule has 158 valence electrons. The fraction of sp³-hybridized carbons (Fsp3) is 0.421. The maximum Gasteiger partial charge on any atom is 0.228 e. The molecule has 4 heterocycles. The fourth-order valence-electron chi connectivity index (χ4n) is 4.34. The summed E-state index contributed by atoms with van der Waals surface area (Å²) in [5.41, 5.74) is 1.65. The molecule has 10 nitrogen and oxygen atoms in total. The summed E-state index contributed by atoms with van der Waals surface area (Å²) in [5, 5.41) is 11.2. The number of hydrogen-bond acceptors (Lipinski definition) is 8. The third kappa shape index (κ3) is 3.23. The van der Waals surface area contributed by atoms with Gasteiger partial charge in [0.2, 0.25) is 16.0 Å². The number of aryl methyl sites for hydroxylation is 1. The van der Waals surface area contributed by atoms with Gasteiger partial charge < -0.3 is 15.0 Å². The summed E-state index contributed by atoms with van der Waals surface area (Å²) < 4.78 is 31.0. The number of H-pyrrole nitrogens is 1. The van der Waals surface area contributed by atoms with E-state index < -0.39 is 10.0 Å². The molecule has 2 saturated heterocycles. The van der Waals surface area contributed by atoms with Crippen molar-refractivity contribution in [2.24, 2.45) is 0 Å². The van der Waals surface area contributed by atoms with Gasteiger partial charge in [-0.05, 0) is 31.5 Å². The normalized spacial score (nSPS) is 21.5. The predicted molar refractivity (Wildman–Crippen MR) is 114 cm³/mol. The molecule has 2 N–H and O–H groups in total. The number of hydrogen-bond donors (Lipinski definition) is 2. The van der Waals surface area contributed by atoms with Gasteiger partial charge in [-0.1, -0.05) is 0 Å². The Hall–Kier alpha value is -2.92. The summed E-state index contributed by atoms with van der Waals surface area (Å²) in [6, 6.07) is 7.60. The first kappa shape index (κ1) is 19.1. The third-order valence-electron chi connectivity index (χ3n) is 5.72. The van der Waals surface area contributed by atoms with Crippen LogP contribution in [-0.4, -0.2) is 71.4 Å². The smallest absolute Gasteiger partial charge is 0.228 e. The average molecular weight is 430 g/mol. The highest BCUT2D eigenvalue weighted by atomic mass is 32.2. The molecular weight excluding hydrogens is 406 g/mol. The Kier molecular flexibility index (Phi) is 4.33. The van der Waals surface area contributed by atoms with Gasteiger partial charge in [0.05, 0.1) is 24.6 Å². The van der Waals surface area contributed by atoms with Crippen LogP contribution >= 0.6 is 0 Å². The van der Waals surface area contributed by atoms with Crippen LogP contribution in [0.3, 0.4) is 0 Å². The molecule has 1 aromatic carbocycles. The number of rotatable bonds is 5. The van der Waals surface area contributed by atoms with E-state index in [1.165, 1.54) is 6.26 Å². The number of benzene rings is 1. The Bertz CT molecular complexity index is 1230. The SMILES string of the molecule is COc1ccc2nc(N3C[C@@H]4C[C@H]3CN4S(C)(=O)=O)nc(Nc3cc(C)n[nH]3)c2c1. The average Bonchev–Trinajstić information content (AvgIpc) is 3.43. The highest BCUT2D eigenvalue weighted by Crippen LogP contribution is 2.36. The number of aromatic nitrogens is 4. The van der Waals surface area contributed by atoms with Crippen molar-refractivity contribution >= 4 is 38.5 Å². The Labute approximate surface area is 174 Å². The number of fused-ring (bicyclic) bond motifs is 3. The van der Waals surface area contributed by atoms with Crippen LogP contribution in [0.1, 0.15) is 12.1 Å². The molecular formula is C19H23N7O3S. The van der Waals surface area contributed by atoms with Crippen LogP contribution in [0.25, 0.3) is 10.9 Å². The van der Waals surface area contributed by atoms with Crippen molar-refractivity contribution in [2.75, 3.05) is 36.7 Å². The van der Waals surface area contributed by atoms with E-state index in [2.05, 4.69) is 20.4 Å². The van der Waals surface area contributed by atoms with Gasteiger partial charge in [0.15, 0.2) is 0 Å². The number of ether oxygens (including phenoxy) is 1. The Morgan fingerprint density at radius 1 is 1.20 bits per heavy atom. The van der Waals surface area contributed by atoms with Gasteiger partial charge in [-0.25, -0.2) is 13.4 Å². The molecule has 0 unspecified atom stereocenters. The van der Waals surface area contributed by atoms with Crippen molar-refractivity contribution in [1.29, 1.82) is 0 Å². The van der Waals surface area contributed by atoms with Gasteiger partial charge in [-0.15, -0.1) is 0 Å². The van der Waals surface area contributed by atoms with E-state index in [9.17, 15) is 8.42 Å². The van der Waals surface area contributed by atoms with E-state index in [4.69, 9.17) is 14.7 Å². The van der Waals surface area contributed by atoms with Gasteiger partial charge in [-0.2, -0.15) is 14.4 Å². The predicted octanol–water partition coefficient (Wildman–Crippen LogP) is 1.64. The second-order valence-electron chi connectivity index (χ2n) is 7.83. The molecule has 2 aromatic heterocycles. The zero-order valence-electron chi connectivity index (χ0n) is 17.0. The number of nitrogens with one attached hydrogen (secondary N) is 2. The van der Waals surface area contributed by atoms with Crippen LogP contribution < -0.4 is 15.0 Å². The topological polar surface area (TPSA) is 116 Å². The number of methoxy groups -OCH3 is 1. The summed E-state index contributed by atoms with van der Waals surface area (Å²) in [6.45, 7) is 2.96. The molecule has 0 amide bonds. The Morgan fingerprint density at radius 3 is 2.67 bits per heavy atom. The standard InChI is InChI=1S/C19H23N7O3S/c1-11-6-17(24-23-11)21-18-15-8-14(29-2)4-5-16(15)20-19(22-18)25-9-13-7-12(25)10-26(13)30(3,27)28/h4-6,8,12-13H,7,9-10H2,1-3H3,(H2,20,21,22,23,24)/t12-,13-/m0/s1. The number of piperazine rings is 1. The first-order valence-electron chi connectivity index (χ1n) is 9.70. The van der Waals surface area contributed by atoms with Gasteiger partial charge in [0.1, 0.15) is 17.4 Å². The molecule has 5 rings (SSSR count).